The predicted molar refractivity (Wildman–Crippen MR) is 120 cm³/mol. The van der Waals surface area contributed by atoms with Crippen molar-refractivity contribution in [1.82, 2.24) is 5.32 Å². The number of benzene rings is 2. The normalized spacial score (nSPS) is 11.5. The Balaban J connectivity index is 1.77. The lowest BCUT2D eigenvalue weighted by molar-refractivity contribution is -0.118. The van der Waals surface area contributed by atoms with E-state index in [1.165, 1.54) is 11.3 Å². The van der Waals surface area contributed by atoms with Gasteiger partial charge in [-0.15, -0.1) is 11.3 Å². The minimum atomic E-state index is -0.681. The minimum absolute atomic E-state index is 0.240. The molecule has 1 aromatic heterocycles. The van der Waals surface area contributed by atoms with Crippen LogP contribution in [-0.4, -0.2) is 31.4 Å². The number of thiophene rings is 1. The summed E-state index contributed by atoms with van der Waals surface area (Å²) in [6.07, 6.45) is 0.415. The van der Waals surface area contributed by atoms with E-state index in [1.54, 1.807) is 6.07 Å². The van der Waals surface area contributed by atoms with E-state index in [2.05, 4.69) is 22.5 Å². The third-order valence-corrected chi connectivity index (χ3v) is 5.55. The smallest absolute Gasteiger partial charge is 0.262 e. The minimum Gasteiger partial charge on any atom is -0.375 e. The van der Waals surface area contributed by atoms with Gasteiger partial charge in [0.1, 0.15) is 6.04 Å². The quantitative estimate of drug-likeness (QED) is 0.589. The summed E-state index contributed by atoms with van der Waals surface area (Å²) in [5.74, 6) is -0.481. The summed E-state index contributed by atoms with van der Waals surface area (Å²) in [7, 11) is 2.00. The summed E-state index contributed by atoms with van der Waals surface area (Å²) in [6, 6.07) is 20.3. The number of amides is 2. The summed E-state index contributed by atoms with van der Waals surface area (Å²) < 4.78 is 0. The van der Waals surface area contributed by atoms with Crippen molar-refractivity contribution in [2.75, 3.05) is 23.8 Å². The molecule has 0 spiro atoms. The zero-order chi connectivity index (χ0) is 20.6. The predicted octanol–water partition coefficient (Wildman–Crippen LogP) is 4.18. The second-order valence-electron chi connectivity index (χ2n) is 6.75. The zero-order valence-corrected chi connectivity index (χ0v) is 17.4. The van der Waals surface area contributed by atoms with Gasteiger partial charge in [-0.25, -0.2) is 0 Å². The van der Waals surface area contributed by atoms with E-state index in [-0.39, 0.29) is 11.8 Å². The molecule has 0 saturated heterocycles. The molecule has 0 radical (unpaired) electrons. The summed E-state index contributed by atoms with van der Waals surface area (Å²) >= 11 is 1.35. The molecule has 29 heavy (non-hydrogen) atoms. The maximum absolute atomic E-state index is 13.0. The number of hydrogen-bond donors (Lipinski definition) is 2. The largest absolute Gasteiger partial charge is 0.375 e. The molecule has 6 heteroatoms. The molecule has 0 saturated carbocycles. The molecule has 0 aliphatic carbocycles. The zero-order valence-electron chi connectivity index (χ0n) is 16.6. The van der Waals surface area contributed by atoms with E-state index in [0.29, 0.717) is 17.0 Å². The summed E-state index contributed by atoms with van der Waals surface area (Å²) in [4.78, 5) is 28.3. The standard InChI is InChI=1S/C23H25N3O2S/c1-3-26(2)19-12-7-11-18(16-19)24-22(27)20(15-17-9-5-4-6-10-17)25-23(28)21-13-8-14-29-21/h4-14,16,20H,3,15H2,1-2H3,(H,24,27)(H,25,28). The summed E-state index contributed by atoms with van der Waals surface area (Å²) in [5.41, 5.74) is 2.71. The molecule has 5 nitrogen and oxygen atoms in total. The van der Waals surface area contributed by atoms with E-state index in [9.17, 15) is 9.59 Å². The second kappa shape index (κ2) is 9.89. The Hall–Kier alpha value is -3.12. The molecule has 3 rings (SSSR count). The van der Waals surface area contributed by atoms with Gasteiger partial charge in [0.25, 0.3) is 5.91 Å². The Morgan fingerprint density at radius 2 is 1.83 bits per heavy atom. The molecule has 3 aromatic rings. The van der Waals surface area contributed by atoms with E-state index in [1.807, 2.05) is 73.1 Å². The third kappa shape index (κ3) is 5.68. The van der Waals surface area contributed by atoms with Gasteiger partial charge in [0.2, 0.25) is 5.91 Å². The first-order chi connectivity index (χ1) is 14.1. The Labute approximate surface area is 175 Å². The van der Waals surface area contributed by atoms with Gasteiger partial charge in [0, 0.05) is 31.4 Å². The third-order valence-electron chi connectivity index (χ3n) is 4.68. The average Bonchev–Trinajstić information content (AvgIpc) is 3.28. The monoisotopic (exact) mass is 407 g/mol. The van der Waals surface area contributed by atoms with Crippen molar-refractivity contribution in [2.45, 2.75) is 19.4 Å². The van der Waals surface area contributed by atoms with Crippen molar-refractivity contribution >= 4 is 34.5 Å². The van der Waals surface area contributed by atoms with Crippen LogP contribution in [0, 0.1) is 0 Å². The van der Waals surface area contributed by atoms with Crippen LogP contribution in [0.2, 0.25) is 0 Å². The number of anilines is 2. The Bertz CT molecular complexity index is 942. The van der Waals surface area contributed by atoms with Crippen LogP contribution < -0.4 is 15.5 Å². The lowest BCUT2D eigenvalue weighted by Gasteiger charge is -2.20. The van der Waals surface area contributed by atoms with E-state index in [0.717, 1.165) is 17.8 Å². The van der Waals surface area contributed by atoms with Gasteiger partial charge in [-0.05, 0) is 42.1 Å². The van der Waals surface area contributed by atoms with Gasteiger partial charge < -0.3 is 15.5 Å². The maximum Gasteiger partial charge on any atom is 0.262 e. The van der Waals surface area contributed by atoms with E-state index in [4.69, 9.17) is 0 Å². The fourth-order valence-corrected chi connectivity index (χ4v) is 3.56. The van der Waals surface area contributed by atoms with Crippen LogP contribution in [0.1, 0.15) is 22.2 Å². The van der Waals surface area contributed by atoms with Crippen LogP contribution in [0.4, 0.5) is 11.4 Å². The first-order valence-corrected chi connectivity index (χ1v) is 10.4. The highest BCUT2D eigenvalue weighted by Crippen LogP contribution is 2.19. The summed E-state index contributed by atoms with van der Waals surface area (Å²) in [6.45, 7) is 2.94. The molecule has 150 valence electrons. The molecule has 0 aliphatic rings. The van der Waals surface area contributed by atoms with Gasteiger partial charge in [0.05, 0.1) is 4.88 Å². The van der Waals surface area contributed by atoms with Gasteiger partial charge in [-0.2, -0.15) is 0 Å². The number of carbonyl (C=O) groups excluding carboxylic acids is 2. The molecule has 2 aromatic carbocycles. The van der Waals surface area contributed by atoms with Gasteiger partial charge >= 0.3 is 0 Å². The molecule has 2 amide bonds. The van der Waals surface area contributed by atoms with Crippen LogP contribution in [0.3, 0.4) is 0 Å². The van der Waals surface area contributed by atoms with Crippen molar-refractivity contribution in [3.63, 3.8) is 0 Å². The lowest BCUT2D eigenvalue weighted by Crippen LogP contribution is -2.45. The fraction of sp³-hybridized carbons (Fsp3) is 0.217. The second-order valence-corrected chi connectivity index (χ2v) is 7.69. The molecular weight excluding hydrogens is 382 g/mol. The SMILES string of the molecule is CCN(C)c1cccc(NC(=O)C(Cc2ccccc2)NC(=O)c2cccs2)c1. The van der Waals surface area contributed by atoms with Crippen LogP contribution >= 0.6 is 11.3 Å². The molecule has 0 aliphatic heterocycles. The highest BCUT2D eigenvalue weighted by atomic mass is 32.1. The molecule has 2 N–H and O–H groups in total. The van der Waals surface area contributed by atoms with Crippen molar-refractivity contribution in [3.8, 4) is 0 Å². The highest BCUT2D eigenvalue weighted by molar-refractivity contribution is 7.12. The van der Waals surface area contributed by atoms with Crippen LogP contribution in [-0.2, 0) is 11.2 Å². The van der Waals surface area contributed by atoms with Crippen molar-refractivity contribution in [2.24, 2.45) is 0 Å². The van der Waals surface area contributed by atoms with E-state index >= 15 is 0 Å². The van der Waals surface area contributed by atoms with Crippen LogP contribution in [0.15, 0.2) is 72.1 Å². The molecule has 1 heterocycles. The lowest BCUT2D eigenvalue weighted by atomic mass is 10.0. The molecule has 1 unspecified atom stereocenters. The number of hydrogen-bond acceptors (Lipinski definition) is 4. The molecule has 1 atom stereocenters. The Morgan fingerprint density at radius 1 is 1.03 bits per heavy atom. The molecule has 0 fully saturated rings. The van der Waals surface area contributed by atoms with Gasteiger partial charge in [0.15, 0.2) is 0 Å². The van der Waals surface area contributed by atoms with Crippen LogP contribution in [0.25, 0.3) is 0 Å². The van der Waals surface area contributed by atoms with Crippen molar-refractivity contribution in [3.05, 3.63) is 82.6 Å². The average molecular weight is 408 g/mol. The number of rotatable bonds is 8. The first-order valence-electron chi connectivity index (χ1n) is 9.57. The van der Waals surface area contributed by atoms with Crippen molar-refractivity contribution in [1.29, 1.82) is 0 Å². The maximum atomic E-state index is 13.0. The number of nitrogens with zero attached hydrogens (tertiary/aromatic N) is 1. The van der Waals surface area contributed by atoms with E-state index < -0.39 is 6.04 Å². The summed E-state index contributed by atoms with van der Waals surface area (Å²) in [5, 5.41) is 7.69. The Morgan fingerprint density at radius 3 is 2.52 bits per heavy atom. The molecule has 0 bridgehead atoms. The fourth-order valence-electron chi connectivity index (χ4n) is 2.93. The Kier molecular flexibility index (Phi) is 7.03. The number of carbonyl (C=O) groups is 2. The van der Waals surface area contributed by atoms with Gasteiger partial charge in [-0.3, -0.25) is 9.59 Å². The molecular formula is C23H25N3O2S. The topological polar surface area (TPSA) is 61.4 Å². The van der Waals surface area contributed by atoms with Gasteiger partial charge in [-0.1, -0.05) is 42.5 Å². The number of nitrogens with one attached hydrogen (secondary N) is 2. The van der Waals surface area contributed by atoms with Crippen LogP contribution in [0.5, 0.6) is 0 Å². The first kappa shape index (κ1) is 20.6. The highest BCUT2D eigenvalue weighted by Gasteiger charge is 2.22. The van der Waals surface area contributed by atoms with Crippen molar-refractivity contribution < 1.29 is 9.59 Å².